The molecule has 33 heavy (non-hydrogen) atoms. The van der Waals surface area contributed by atoms with Crippen molar-refractivity contribution in [2.75, 3.05) is 6.61 Å². The number of hydrogen-bond acceptors (Lipinski definition) is 2. The first-order valence-electron chi connectivity index (χ1n) is 14.4. The summed E-state index contributed by atoms with van der Waals surface area (Å²) in [7, 11) is 0. The van der Waals surface area contributed by atoms with Crippen LogP contribution in [0.4, 0.5) is 0 Å². The summed E-state index contributed by atoms with van der Waals surface area (Å²) in [5.74, 6) is 2.14. The predicted octanol–water partition coefficient (Wildman–Crippen LogP) is 7.61. The Morgan fingerprint density at radius 3 is 1.85 bits per heavy atom. The first-order chi connectivity index (χ1) is 15.1. The van der Waals surface area contributed by atoms with E-state index in [2.05, 4.69) is 55.4 Å². The highest BCUT2D eigenvalue weighted by molar-refractivity contribution is 5.21. The summed E-state index contributed by atoms with van der Waals surface area (Å²) in [6, 6.07) is 0. The number of aliphatic hydroxyl groups is 2. The fourth-order valence-electron chi connectivity index (χ4n) is 11.7. The highest BCUT2D eigenvalue weighted by atomic mass is 16.3. The molecule has 5 aliphatic rings. The molecule has 5 aliphatic carbocycles. The van der Waals surface area contributed by atoms with E-state index in [0.717, 1.165) is 18.3 Å². The van der Waals surface area contributed by atoms with Crippen LogP contribution in [0.25, 0.3) is 0 Å². The lowest BCUT2D eigenvalue weighted by atomic mass is 9.29. The van der Waals surface area contributed by atoms with Gasteiger partial charge in [-0.15, -0.1) is 0 Å². The molecule has 190 valence electrons. The molecule has 0 bridgehead atoms. The maximum absolute atomic E-state index is 11.0. The van der Waals surface area contributed by atoms with E-state index in [4.69, 9.17) is 0 Å². The lowest BCUT2D eigenvalue weighted by Crippen LogP contribution is -2.69. The summed E-state index contributed by atoms with van der Waals surface area (Å²) in [5, 5.41) is 21.8. The van der Waals surface area contributed by atoms with Gasteiger partial charge in [-0.2, -0.15) is 0 Å². The average molecular weight is 459 g/mol. The molecule has 2 N–H and O–H groups in total. The van der Waals surface area contributed by atoms with E-state index in [1.807, 2.05) is 0 Å². The zero-order chi connectivity index (χ0) is 24.3. The molecule has 0 amide bonds. The fourth-order valence-corrected chi connectivity index (χ4v) is 11.7. The Balaban J connectivity index is 1.56. The van der Waals surface area contributed by atoms with Crippen molar-refractivity contribution in [2.45, 2.75) is 132 Å². The lowest BCUT2D eigenvalue weighted by molar-refractivity contribution is -0.278. The molecule has 0 aromatic carbocycles. The summed E-state index contributed by atoms with van der Waals surface area (Å²) in [4.78, 5) is 0. The normalized spacial score (nSPS) is 57.3. The maximum atomic E-state index is 11.0. The highest BCUT2D eigenvalue weighted by Crippen LogP contribution is 2.79. The molecule has 2 heteroatoms. The number of rotatable bonds is 1. The van der Waals surface area contributed by atoms with Crippen molar-refractivity contribution in [2.24, 2.45) is 55.7 Å². The van der Waals surface area contributed by atoms with Gasteiger partial charge in [0, 0.05) is 6.61 Å². The molecule has 0 aromatic heterocycles. The third-order valence-corrected chi connectivity index (χ3v) is 14.6. The van der Waals surface area contributed by atoms with E-state index in [0.29, 0.717) is 34.2 Å². The van der Waals surface area contributed by atoms with E-state index in [9.17, 15) is 10.2 Å². The van der Waals surface area contributed by atoms with Crippen LogP contribution in [0.3, 0.4) is 0 Å². The minimum absolute atomic E-state index is 0.00243. The van der Waals surface area contributed by atoms with Crippen LogP contribution in [0, 0.1) is 55.7 Å². The smallest absolute Gasteiger partial charge is 0.0596 e. The first kappa shape index (κ1) is 24.6. The van der Waals surface area contributed by atoms with Crippen molar-refractivity contribution in [3.8, 4) is 0 Å². The highest BCUT2D eigenvalue weighted by Gasteiger charge is 2.72. The Hall–Kier alpha value is -0.0800. The second kappa shape index (κ2) is 7.02. The molecule has 5 rings (SSSR count). The molecule has 9 unspecified atom stereocenters. The number of hydrogen-bond donors (Lipinski definition) is 2. The van der Waals surface area contributed by atoms with Gasteiger partial charge in [0.05, 0.1) is 6.10 Å². The lowest BCUT2D eigenvalue weighted by Gasteiger charge is -2.76. The van der Waals surface area contributed by atoms with Crippen molar-refractivity contribution in [1.82, 2.24) is 0 Å². The van der Waals surface area contributed by atoms with Crippen LogP contribution in [0.2, 0.25) is 0 Å². The molecule has 0 saturated heterocycles. The number of aliphatic hydroxyl groups excluding tert-OH is 2. The minimum atomic E-state index is -0.160. The summed E-state index contributed by atoms with van der Waals surface area (Å²) in [6.45, 7) is 20.7. The van der Waals surface area contributed by atoms with E-state index in [1.165, 1.54) is 64.2 Å². The van der Waals surface area contributed by atoms with Crippen LogP contribution in [-0.4, -0.2) is 22.9 Å². The molecule has 5 saturated carbocycles. The Labute approximate surface area is 204 Å². The molecular formula is C31H54O2. The second-order valence-corrected chi connectivity index (χ2v) is 16.2. The molecule has 5 fully saturated rings. The Morgan fingerprint density at radius 2 is 1.18 bits per heavy atom. The first-order valence-corrected chi connectivity index (χ1v) is 14.4. The second-order valence-electron chi connectivity index (χ2n) is 16.2. The van der Waals surface area contributed by atoms with Gasteiger partial charge in [0.25, 0.3) is 0 Å². The van der Waals surface area contributed by atoms with Crippen LogP contribution in [0.1, 0.15) is 126 Å². The van der Waals surface area contributed by atoms with E-state index in [-0.39, 0.29) is 22.3 Å². The van der Waals surface area contributed by atoms with Crippen molar-refractivity contribution in [1.29, 1.82) is 0 Å². The average Bonchev–Trinajstić information content (AvgIpc) is 2.73. The standard InChI is InChI=1S/C31H54O2/c1-25(2)13-17-31(20-32)18-16-29(7)22-11-12-28(6)21(9-10-24(33)26(28,3)4)27(22,5)14-15-30(29,8)23(31)19-25/h21-24,32-33H,9-20H2,1-8H3. The predicted molar refractivity (Wildman–Crippen MR) is 137 cm³/mol. The Morgan fingerprint density at radius 1 is 0.606 bits per heavy atom. The quantitative estimate of drug-likeness (QED) is 0.424. The number of fused-ring (bicyclic) bond motifs is 7. The van der Waals surface area contributed by atoms with Gasteiger partial charge in [-0.25, -0.2) is 0 Å². The Kier molecular flexibility index (Phi) is 5.24. The summed E-state index contributed by atoms with van der Waals surface area (Å²) in [6.07, 6.45) is 13.6. The largest absolute Gasteiger partial charge is 0.396 e. The fraction of sp³-hybridized carbons (Fsp3) is 1.00. The van der Waals surface area contributed by atoms with Crippen molar-refractivity contribution >= 4 is 0 Å². The van der Waals surface area contributed by atoms with E-state index >= 15 is 0 Å². The molecule has 0 aromatic rings. The van der Waals surface area contributed by atoms with Gasteiger partial charge in [-0.1, -0.05) is 55.4 Å². The summed E-state index contributed by atoms with van der Waals surface area (Å²) < 4.78 is 0. The third-order valence-electron chi connectivity index (χ3n) is 14.6. The SMILES string of the molecule is CC1(C)CCC2(CO)CCC3(C)C4CCC5(C)C(CCC(O)C5(C)C)C4(C)CCC3(C)C2C1. The Bertz CT molecular complexity index is 801. The molecule has 0 radical (unpaired) electrons. The zero-order valence-corrected chi connectivity index (χ0v) is 23.2. The molecule has 0 heterocycles. The molecule has 0 aliphatic heterocycles. The van der Waals surface area contributed by atoms with Gasteiger partial charge in [0.15, 0.2) is 0 Å². The summed E-state index contributed by atoms with van der Waals surface area (Å²) >= 11 is 0. The van der Waals surface area contributed by atoms with Gasteiger partial charge < -0.3 is 10.2 Å². The van der Waals surface area contributed by atoms with Gasteiger partial charge in [-0.3, -0.25) is 0 Å². The van der Waals surface area contributed by atoms with Crippen molar-refractivity contribution < 1.29 is 10.2 Å². The van der Waals surface area contributed by atoms with Crippen molar-refractivity contribution in [3.63, 3.8) is 0 Å². The zero-order valence-electron chi connectivity index (χ0n) is 23.2. The maximum Gasteiger partial charge on any atom is 0.0596 e. The van der Waals surface area contributed by atoms with Gasteiger partial charge >= 0.3 is 0 Å². The minimum Gasteiger partial charge on any atom is -0.396 e. The van der Waals surface area contributed by atoms with Gasteiger partial charge in [0.2, 0.25) is 0 Å². The van der Waals surface area contributed by atoms with Gasteiger partial charge in [0.1, 0.15) is 0 Å². The molecule has 9 atom stereocenters. The van der Waals surface area contributed by atoms with Crippen LogP contribution >= 0.6 is 0 Å². The van der Waals surface area contributed by atoms with Crippen molar-refractivity contribution in [3.05, 3.63) is 0 Å². The van der Waals surface area contributed by atoms with Crippen LogP contribution in [-0.2, 0) is 0 Å². The molecule has 0 spiro atoms. The molecular weight excluding hydrogens is 404 g/mol. The summed E-state index contributed by atoms with van der Waals surface area (Å²) in [5.41, 5.74) is 1.86. The topological polar surface area (TPSA) is 40.5 Å². The van der Waals surface area contributed by atoms with Crippen LogP contribution < -0.4 is 0 Å². The van der Waals surface area contributed by atoms with Crippen LogP contribution in [0.15, 0.2) is 0 Å². The van der Waals surface area contributed by atoms with Gasteiger partial charge in [-0.05, 0) is 126 Å². The van der Waals surface area contributed by atoms with E-state index in [1.54, 1.807) is 0 Å². The van der Waals surface area contributed by atoms with Crippen LogP contribution in [0.5, 0.6) is 0 Å². The molecule has 2 nitrogen and oxygen atoms in total. The monoisotopic (exact) mass is 458 g/mol. The third kappa shape index (κ3) is 2.86. The van der Waals surface area contributed by atoms with E-state index < -0.39 is 0 Å².